The number of rotatable bonds is 7. The van der Waals surface area contributed by atoms with Gasteiger partial charge in [-0.05, 0) is 18.6 Å². The third-order valence-electron chi connectivity index (χ3n) is 5.62. The summed E-state index contributed by atoms with van der Waals surface area (Å²) in [4.78, 5) is 76.9. The molecule has 11 nitrogen and oxygen atoms in total. The third kappa shape index (κ3) is 4.11. The predicted molar refractivity (Wildman–Crippen MR) is 109 cm³/mol. The molecule has 3 rings (SSSR count). The van der Waals surface area contributed by atoms with Gasteiger partial charge >= 0.3 is 5.97 Å². The number of nitrogens with zero attached hydrogens (tertiary/aromatic N) is 2. The summed E-state index contributed by atoms with van der Waals surface area (Å²) >= 11 is 0. The van der Waals surface area contributed by atoms with E-state index in [0.717, 1.165) is 16.9 Å². The normalized spacial score (nSPS) is 20.2. The number of benzene rings is 1. The van der Waals surface area contributed by atoms with Gasteiger partial charge in [0.15, 0.2) is 0 Å². The van der Waals surface area contributed by atoms with Gasteiger partial charge in [0.25, 0.3) is 17.7 Å². The van der Waals surface area contributed by atoms with Gasteiger partial charge in [0.05, 0.1) is 24.8 Å². The van der Waals surface area contributed by atoms with Crippen LogP contribution in [-0.4, -0.2) is 77.6 Å². The lowest BCUT2D eigenvalue weighted by Crippen LogP contribution is -2.58. The number of carbonyl (C=O) groups is 6. The Morgan fingerprint density at radius 3 is 2.28 bits per heavy atom. The molecule has 1 aromatic rings. The molecule has 11 heteroatoms. The molecule has 0 aliphatic carbocycles. The molecule has 1 fully saturated rings. The average molecular weight is 444 g/mol. The topological polar surface area (TPSA) is 156 Å². The molecule has 3 N–H and O–H groups in total. The highest BCUT2D eigenvalue weighted by Crippen LogP contribution is 2.29. The van der Waals surface area contributed by atoms with E-state index in [9.17, 15) is 28.8 Å². The first-order chi connectivity index (χ1) is 15.2. The Hall–Kier alpha value is -3.60. The maximum atomic E-state index is 13.2. The molecule has 3 atom stereocenters. The van der Waals surface area contributed by atoms with Gasteiger partial charge in [-0.1, -0.05) is 19.1 Å². The number of nitrogens with one attached hydrogen (secondary N) is 1. The molecule has 1 aromatic carbocycles. The van der Waals surface area contributed by atoms with E-state index >= 15 is 0 Å². The lowest BCUT2D eigenvalue weighted by Gasteiger charge is -2.36. The Bertz CT molecular complexity index is 957. The minimum absolute atomic E-state index is 0.0123. The van der Waals surface area contributed by atoms with Gasteiger partial charge in [0.1, 0.15) is 12.1 Å². The summed E-state index contributed by atoms with van der Waals surface area (Å²) in [6.45, 7) is 0.982. The van der Waals surface area contributed by atoms with Crippen molar-refractivity contribution in [1.82, 2.24) is 15.1 Å². The second-order valence-corrected chi connectivity index (χ2v) is 7.67. The maximum Gasteiger partial charge on any atom is 0.328 e. The second kappa shape index (κ2) is 9.27. The van der Waals surface area contributed by atoms with E-state index in [-0.39, 0.29) is 37.1 Å². The molecule has 5 amide bonds. The number of hydrogen-bond donors (Lipinski definition) is 2. The van der Waals surface area contributed by atoms with Gasteiger partial charge in [-0.3, -0.25) is 33.8 Å². The molecule has 0 radical (unpaired) electrons. The molecule has 0 bridgehead atoms. The van der Waals surface area contributed by atoms with E-state index in [1.54, 1.807) is 19.1 Å². The van der Waals surface area contributed by atoms with Crippen LogP contribution in [0.5, 0.6) is 0 Å². The molecule has 32 heavy (non-hydrogen) atoms. The molecule has 0 saturated carbocycles. The summed E-state index contributed by atoms with van der Waals surface area (Å²) in [6.07, 6.45) is -0.0487. The van der Waals surface area contributed by atoms with Crippen molar-refractivity contribution in [2.24, 2.45) is 11.7 Å². The molecule has 0 aromatic heterocycles. The van der Waals surface area contributed by atoms with Crippen molar-refractivity contribution in [1.29, 1.82) is 0 Å². The van der Waals surface area contributed by atoms with Crippen LogP contribution in [0.25, 0.3) is 0 Å². The van der Waals surface area contributed by atoms with E-state index in [1.807, 2.05) is 0 Å². The summed E-state index contributed by atoms with van der Waals surface area (Å²) in [7, 11) is 1.14. The van der Waals surface area contributed by atoms with Crippen molar-refractivity contribution in [3.05, 3.63) is 35.4 Å². The zero-order chi connectivity index (χ0) is 23.6. The number of likely N-dealkylation sites (tertiary alicyclic amines) is 1. The van der Waals surface area contributed by atoms with Gasteiger partial charge in [0.2, 0.25) is 11.8 Å². The number of imide groups is 2. The van der Waals surface area contributed by atoms with E-state index < -0.39 is 53.5 Å². The first-order valence-corrected chi connectivity index (χ1v) is 10.1. The van der Waals surface area contributed by atoms with Gasteiger partial charge in [0, 0.05) is 18.9 Å². The molecule has 2 heterocycles. The first-order valence-electron chi connectivity index (χ1n) is 10.1. The van der Waals surface area contributed by atoms with Crippen molar-refractivity contribution >= 4 is 35.5 Å². The molecular weight excluding hydrogens is 420 g/mol. The third-order valence-corrected chi connectivity index (χ3v) is 5.62. The van der Waals surface area contributed by atoms with Crippen LogP contribution in [0.15, 0.2) is 24.3 Å². The summed E-state index contributed by atoms with van der Waals surface area (Å²) in [5.41, 5.74) is 5.70. The molecule has 1 saturated heterocycles. The molecule has 170 valence electrons. The maximum absolute atomic E-state index is 13.2. The number of nitrogens with two attached hydrogens (primary N) is 1. The Balaban J connectivity index is 1.81. The van der Waals surface area contributed by atoms with Gasteiger partial charge in [-0.25, -0.2) is 4.79 Å². The van der Waals surface area contributed by atoms with E-state index in [2.05, 4.69) is 5.32 Å². The van der Waals surface area contributed by atoms with Crippen LogP contribution in [0, 0.1) is 5.92 Å². The fourth-order valence-electron chi connectivity index (χ4n) is 3.93. The molecule has 0 spiro atoms. The lowest BCUT2D eigenvalue weighted by atomic mass is 9.97. The van der Waals surface area contributed by atoms with Crippen molar-refractivity contribution in [3.8, 4) is 0 Å². The smallest absolute Gasteiger partial charge is 0.328 e. The summed E-state index contributed by atoms with van der Waals surface area (Å²) in [5.74, 6) is -4.46. The summed E-state index contributed by atoms with van der Waals surface area (Å²) < 4.78 is 4.71. The van der Waals surface area contributed by atoms with Crippen LogP contribution in [0.4, 0.5) is 0 Å². The zero-order valence-corrected chi connectivity index (χ0v) is 17.7. The second-order valence-electron chi connectivity index (χ2n) is 7.67. The van der Waals surface area contributed by atoms with Gasteiger partial charge < -0.3 is 15.8 Å². The number of amides is 5. The van der Waals surface area contributed by atoms with Crippen LogP contribution < -0.4 is 11.1 Å². The highest BCUT2D eigenvalue weighted by atomic mass is 16.5. The number of methoxy groups -OCH3 is 1. The number of piperidine rings is 1. The summed E-state index contributed by atoms with van der Waals surface area (Å²) in [5, 5.41) is 2.42. The van der Waals surface area contributed by atoms with E-state index in [0.29, 0.717) is 0 Å². The number of ether oxygens (including phenoxy) is 1. The van der Waals surface area contributed by atoms with Crippen molar-refractivity contribution in [3.63, 3.8) is 0 Å². The Morgan fingerprint density at radius 2 is 1.75 bits per heavy atom. The minimum Gasteiger partial charge on any atom is -0.467 e. The standard InChI is InChI=1S/C21H24N4O7/c1-11(17(21(31)32-2)23-15(26)9-22)10-24-16(27)8-7-14(20(24)30)25-18(28)12-5-3-4-6-13(12)19(25)29/h3-6,11,14,17H,7-10,22H2,1-2H3,(H,23,26)/t11?,14-,17?/m0/s1. The largest absolute Gasteiger partial charge is 0.467 e. The van der Waals surface area contributed by atoms with E-state index in [4.69, 9.17) is 10.5 Å². The monoisotopic (exact) mass is 444 g/mol. The Kier molecular flexibility index (Phi) is 6.68. The predicted octanol–water partition coefficient (Wildman–Crippen LogP) is -0.947. The van der Waals surface area contributed by atoms with E-state index in [1.165, 1.54) is 12.1 Å². The number of fused-ring (bicyclic) bond motifs is 1. The van der Waals surface area contributed by atoms with Crippen molar-refractivity contribution < 1.29 is 33.5 Å². The average Bonchev–Trinajstić information content (AvgIpc) is 3.04. The minimum atomic E-state index is -1.14. The van der Waals surface area contributed by atoms with Crippen LogP contribution in [-0.2, 0) is 23.9 Å². The highest BCUT2D eigenvalue weighted by molar-refractivity contribution is 6.23. The van der Waals surface area contributed by atoms with Crippen molar-refractivity contribution in [2.45, 2.75) is 31.8 Å². The first kappa shape index (κ1) is 23.1. The quantitative estimate of drug-likeness (QED) is 0.403. The van der Waals surface area contributed by atoms with Crippen LogP contribution in [0.2, 0.25) is 0 Å². The molecule has 2 aliphatic heterocycles. The van der Waals surface area contributed by atoms with Gasteiger partial charge in [-0.2, -0.15) is 0 Å². The highest BCUT2D eigenvalue weighted by Gasteiger charge is 2.47. The van der Waals surface area contributed by atoms with Gasteiger partial charge in [-0.15, -0.1) is 0 Å². The SMILES string of the molecule is COC(=O)C(NC(=O)CN)C(C)CN1C(=O)CC[C@H](N2C(=O)c3ccccc3C2=O)C1=O. The lowest BCUT2D eigenvalue weighted by molar-refractivity contribution is -0.154. The summed E-state index contributed by atoms with van der Waals surface area (Å²) in [6, 6.07) is 3.98. The molecular formula is C21H24N4O7. The molecule has 2 unspecified atom stereocenters. The molecule has 2 aliphatic rings. The van der Waals surface area contributed by atoms with Crippen LogP contribution >= 0.6 is 0 Å². The number of esters is 1. The fraction of sp³-hybridized carbons (Fsp3) is 0.429. The Morgan fingerprint density at radius 1 is 1.16 bits per heavy atom. The fourth-order valence-corrected chi connectivity index (χ4v) is 3.93. The van der Waals surface area contributed by atoms with Crippen LogP contribution in [0.3, 0.4) is 0 Å². The van der Waals surface area contributed by atoms with Crippen molar-refractivity contribution in [2.75, 3.05) is 20.2 Å². The zero-order valence-electron chi connectivity index (χ0n) is 17.7. The van der Waals surface area contributed by atoms with Crippen LogP contribution in [0.1, 0.15) is 40.5 Å². The number of carbonyl (C=O) groups excluding carboxylic acids is 6. The Labute approximate surface area is 183 Å². The number of hydrogen-bond acceptors (Lipinski definition) is 8.